The number of anilines is 2. The number of hydrogen-bond acceptors (Lipinski definition) is 4. The molecule has 6 heteroatoms. The number of carboxylic acids is 1. The van der Waals surface area contributed by atoms with Crippen molar-refractivity contribution < 1.29 is 14.5 Å². The van der Waals surface area contributed by atoms with Gasteiger partial charge in [-0.25, -0.2) is 0 Å². The molecule has 0 saturated heterocycles. The fourth-order valence-corrected chi connectivity index (χ4v) is 2.56. The van der Waals surface area contributed by atoms with Gasteiger partial charge in [-0.1, -0.05) is 54.6 Å². The number of aromatic nitrogens is 3. The van der Waals surface area contributed by atoms with Crippen LogP contribution in [0, 0.1) is 0 Å². The van der Waals surface area contributed by atoms with Crippen molar-refractivity contribution in [3.05, 3.63) is 97.3 Å². The highest BCUT2D eigenvalue weighted by Crippen LogP contribution is 2.14. The number of carbonyl (C=O) groups is 1. The van der Waals surface area contributed by atoms with Gasteiger partial charge < -0.3 is 9.90 Å². The van der Waals surface area contributed by atoms with Gasteiger partial charge in [0.2, 0.25) is 6.33 Å². The first-order valence-corrected chi connectivity index (χ1v) is 8.75. The molecule has 140 valence electrons. The van der Waals surface area contributed by atoms with Crippen molar-refractivity contribution in [3.63, 3.8) is 0 Å². The van der Waals surface area contributed by atoms with Gasteiger partial charge in [0.25, 0.3) is 0 Å². The lowest BCUT2D eigenvalue weighted by Crippen LogP contribution is -2.31. The van der Waals surface area contributed by atoms with E-state index in [0.717, 1.165) is 29.9 Å². The normalized spacial score (nSPS) is 9.89. The first-order chi connectivity index (χ1) is 13.6. The molecule has 0 aliphatic rings. The number of hydrogen-bond donors (Lipinski definition) is 1. The van der Waals surface area contributed by atoms with Crippen molar-refractivity contribution in [2.45, 2.75) is 6.92 Å². The summed E-state index contributed by atoms with van der Waals surface area (Å²) in [5.41, 5.74) is 3.07. The molecule has 0 unspecified atom stereocenters. The number of nitrogens with one attached hydrogen (secondary N) is 1. The third kappa shape index (κ3) is 5.04. The Morgan fingerprint density at radius 1 is 0.893 bits per heavy atom. The number of aliphatic carboxylic acids is 1. The third-order valence-electron chi connectivity index (χ3n) is 3.74. The second-order valence-electron chi connectivity index (χ2n) is 5.91. The summed E-state index contributed by atoms with van der Waals surface area (Å²) in [4.78, 5) is 8.89. The molecule has 3 aromatic carbocycles. The molecule has 0 aliphatic heterocycles. The summed E-state index contributed by atoms with van der Waals surface area (Å²) in [6.07, 6.45) is 1.98. The van der Waals surface area contributed by atoms with Crippen molar-refractivity contribution in [1.82, 2.24) is 9.78 Å². The van der Waals surface area contributed by atoms with Gasteiger partial charge in [-0.05, 0) is 43.3 Å². The second-order valence-corrected chi connectivity index (χ2v) is 5.91. The van der Waals surface area contributed by atoms with Crippen LogP contribution in [0.25, 0.3) is 11.4 Å². The van der Waals surface area contributed by atoms with E-state index in [0.29, 0.717) is 0 Å². The van der Waals surface area contributed by atoms with Crippen molar-refractivity contribution in [3.8, 4) is 11.4 Å². The topological polar surface area (TPSA) is 73.9 Å². The summed E-state index contributed by atoms with van der Waals surface area (Å²) in [5.74, 6) is -0.323. The van der Waals surface area contributed by atoms with E-state index in [1.807, 2.05) is 94.4 Å². The summed E-state index contributed by atoms with van der Waals surface area (Å²) in [6.45, 7) is 0.972. The van der Waals surface area contributed by atoms with Crippen LogP contribution in [0.1, 0.15) is 6.92 Å². The predicted molar refractivity (Wildman–Crippen MR) is 106 cm³/mol. The number of nitrogens with zero attached hydrogens (tertiary/aromatic N) is 3. The highest BCUT2D eigenvalue weighted by molar-refractivity contribution is 5.60. The van der Waals surface area contributed by atoms with Crippen molar-refractivity contribution in [1.29, 1.82) is 0 Å². The standard InChI is InChI=1S/C20H17N4.C2H4O2/c1-4-10-17(11-5-1)21-20-22-24(19-14-8-3-9-15-19)16-23(20)18-12-6-2-7-13-18;1-2(3)4/h1-16H,(H,21,22);1H3,(H,3,4)/q+1;/p-1. The lowest BCUT2D eigenvalue weighted by molar-refractivity contribution is -0.581. The van der Waals surface area contributed by atoms with Gasteiger partial charge in [-0.15, -0.1) is 4.68 Å². The quantitative estimate of drug-likeness (QED) is 0.559. The van der Waals surface area contributed by atoms with Crippen LogP contribution < -0.4 is 15.0 Å². The zero-order valence-electron chi connectivity index (χ0n) is 15.4. The fraction of sp³-hybridized carbons (Fsp3) is 0.0455. The average molecular weight is 372 g/mol. The van der Waals surface area contributed by atoms with Crippen LogP contribution in [-0.2, 0) is 4.79 Å². The van der Waals surface area contributed by atoms with E-state index in [4.69, 9.17) is 15.0 Å². The minimum absolute atomic E-state index is 0.760. The number of carbonyl (C=O) groups excluding carboxylic acids is 1. The molecular formula is C22H20N4O2. The number of para-hydroxylation sites is 3. The van der Waals surface area contributed by atoms with E-state index in [1.54, 1.807) is 0 Å². The van der Waals surface area contributed by atoms with Crippen LogP contribution in [0.5, 0.6) is 0 Å². The molecule has 1 N–H and O–H groups in total. The monoisotopic (exact) mass is 372 g/mol. The van der Waals surface area contributed by atoms with Crippen LogP contribution in [0.15, 0.2) is 97.3 Å². The zero-order valence-corrected chi connectivity index (χ0v) is 15.4. The molecule has 28 heavy (non-hydrogen) atoms. The maximum absolute atomic E-state index is 8.89. The van der Waals surface area contributed by atoms with Crippen molar-refractivity contribution >= 4 is 17.6 Å². The van der Waals surface area contributed by atoms with Crippen LogP contribution in [-0.4, -0.2) is 15.7 Å². The van der Waals surface area contributed by atoms with Gasteiger partial charge in [0.05, 0.1) is 11.4 Å². The molecule has 0 saturated carbocycles. The molecule has 1 heterocycles. The van der Waals surface area contributed by atoms with Gasteiger partial charge in [0, 0.05) is 11.1 Å². The maximum atomic E-state index is 8.89. The van der Waals surface area contributed by atoms with Crippen LogP contribution in [0.4, 0.5) is 11.6 Å². The van der Waals surface area contributed by atoms with Crippen LogP contribution in [0.3, 0.4) is 0 Å². The third-order valence-corrected chi connectivity index (χ3v) is 3.74. The van der Waals surface area contributed by atoms with Gasteiger partial charge in [0.1, 0.15) is 5.69 Å². The highest BCUT2D eigenvalue weighted by Gasteiger charge is 2.18. The molecule has 0 fully saturated rings. The van der Waals surface area contributed by atoms with E-state index in [9.17, 15) is 0 Å². The molecule has 6 nitrogen and oxygen atoms in total. The second kappa shape index (κ2) is 9.14. The molecule has 0 spiro atoms. The Kier molecular flexibility index (Phi) is 6.15. The molecule has 1 aromatic heterocycles. The SMILES string of the molecule is CC(=O)[O-].c1ccc(Nc2nn(-c3ccccc3)c[n+]2-c2ccccc2)cc1. The molecule has 4 rings (SSSR count). The smallest absolute Gasteiger partial charge is 0.387 e. The van der Waals surface area contributed by atoms with E-state index < -0.39 is 5.97 Å². The predicted octanol–water partition coefficient (Wildman–Crippen LogP) is 2.65. The first kappa shape index (κ1) is 18.8. The summed E-state index contributed by atoms with van der Waals surface area (Å²) < 4.78 is 3.91. The molecule has 0 aliphatic carbocycles. The Balaban J connectivity index is 0.000000516. The Hall–Kier alpha value is -3.93. The lowest BCUT2D eigenvalue weighted by atomic mass is 10.3. The minimum atomic E-state index is -1.08. The zero-order chi connectivity index (χ0) is 19.8. The summed E-state index contributed by atoms with van der Waals surface area (Å²) in [5, 5.41) is 17.0. The molecule has 0 atom stereocenters. The largest absolute Gasteiger partial charge is 0.550 e. The fourth-order valence-electron chi connectivity index (χ4n) is 2.56. The van der Waals surface area contributed by atoms with Crippen molar-refractivity contribution in [2.24, 2.45) is 0 Å². The molecule has 4 aromatic rings. The first-order valence-electron chi connectivity index (χ1n) is 8.75. The average Bonchev–Trinajstić information content (AvgIpc) is 3.13. The van der Waals surface area contributed by atoms with Gasteiger partial charge in [-0.3, -0.25) is 5.32 Å². The number of rotatable bonds is 4. The molecular weight excluding hydrogens is 352 g/mol. The Morgan fingerprint density at radius 2 is 1.39 bits per heavy atom. The van der Waals surface area contributed by atoms with Gasteiger partial charge in [-0.2, -0.15) is 4.57 Å². The maximum Gasteiger partial charge on any atom is 0.387 e. The van der Waals surface area contributed by atoms with E-state index >= 15 is 0 Å². The van der Waals surface area contributed by atoms with Crippen molar-refractivity contribution in [2.75, 3.05) is 5.32 Å². The van der Waals surface area contributed by atoms with Gasteiger partial charge in [0.15, 0.2) is 0 Å². The number of carboxylic acid groups (broad SMARTS) is 1. The van der Waals surface area contributed by atoms with E-state index in [2.05, 4.69) is 17.4 Å². The molecule has 0 bridgehead atoms. The summed E-state index contributed by atoms with van der Waals surface area (Å²) in [6, 6.07) is 30.3. The Bertz CT molecular complexity index is 1010. The van der Waals surface area contributed by atoms with Gasteiger partial charge >= 0.3 is 5.95 Å². The van der Waals surface area contributed by atoms with Crippen LogP contribution in [0.2, 0.25) is 0 Å². The lowest BCUT2D eigenvalue weighted by Gasteiger charge is -2.01. The summed E-state index contributed by atoms with van der Waals surface area (Å²) >= 11 is 0. The highest BCUT2D eigenvalue weighted by atomic mass is 16.4. The number of benzene rings is 3. The molecule has 0 amide bonds. The Morgan fingerprint density at radius 3 is 1.96 bits per heavy atom. The molecule has 0 radical (unpaired) electrons. The Labute approximate surface area is 163 Å². The summed E-state index contributed by atoms with van der Waals surface area (Å²) in [7, 11) is 0. The van der Waals surface area contributed by atoms with E-state index in [1.165, 1.54) is 0 Å². The van der Waals surface area contributed by atoms with E-state index in [-0.39, 0.29) is 0 Å². The van der Waals surface area contributed by atoms with Crippen LogP contribution >= 0.6 is 0 Å². The minimum Gasteiger partial charge on any atom is -0.550 e.